The molecule has 98 valence electrons. The van der Waals surface area contributed by atoms with E-state index in [9.17, 15) is 0 Å². The number of benzene rings is 1. The zero-order valence-electron chi connectivity index (χ0n) is 10.7. The highest BCUT2D eigenvalue weighted by Crippen LogP contribution is 2.39. The smallest absolute Gasteiger partial charge is 0.0502 e. The fraction of sp³-hybridized carbons (Fsp3) is 0.600. The third kappa shape index (κ3) is 2.63. The molecule has 2 nitrogen and oxygen atoms in total. The van der Waals surface area contributed by atoms with Gasteiger partial charge in [0.1, 0.15) is 0 Å². The van der Waals surface area contributed by atoms with Crippen LogP contribution < -0.4 is 5.73 Å². The maximum Gasteiger partial charge on any atom is 0.0502 e. The minimum atomic E-state index is 0.280. The second kappa shape index (κ2) is 5.32. The summed E-state index contributed by atoms with van der Waals surface area (Å²) in [5.41, 5.74) is 7.84. The van der Waals surface area contributed by atoms with E-state index in [2.05, 4.69) is 45.1 Å². The van der Waals surface area contributed by atoms with Crippen molar-refractivity contribution in [3.63, 3.8) is 0 Å². The lowest BCUT2D eigenvalue weighted by Crippen LogP contribution is -2.41. The second-order valence-corrected chi connectivity index (χ2v) is 6.54. The largest absolute Gasteiger partial charge is 0.326 e. The van der Waals surface area contributed by atoms with Crippen molar-refractivity contribution in [1.82, 2.24) is 4.90 Å². The predicted octanol–water partition coefficient (Wildman–Crippen LogP) is 3.47. The summed E-state index contributed by atoms with van der Waals surface area (Å²) in [5.74, 6) is 0. The Morgan fingerprint density at radius 3 is 2.72 bits per heavy atom. The number of hydrogen-bond acceptors (Lipinski definition) is 2. The first-order valence-electron chi connectivity index (χ1n) is 7.02. The standard InChI is InChI=1S/C15H21BrN2/c16-12-5-3-4-11(10-12)15-14(17)6-1-2-9-18(15)13-7-8-13/h3-5,10,13-15H,1-2,6-9,17H2. The van der Waals surface area contributed by atoms with Crippen molar-refractivity contribution >= 4 is 15.9 Å². The molecule has 2 unspecified atom stereocenters. The van der Waals surface area contributed by atoms with Crippen molar-refractivity contribution in [2.24, 2.45) is 5.73 Å². The first-order valence-corrected chi connectivity index (χ1v) is 7.82. The van der Waals surface area contributed by atoms with E-state index in [0.29, 0.717) is 6.04 Å². The lowest BCUT2D eigenvalue weighted by Gasteiger charge is -2.34. The van der Waals surface area contributed by atoms with Crippen LogP contribution >= 0.6 is 15.9 Å². The third-order valence-electron chi connectivity index (χ3n) is 4.17. The van der Waals surface area contributed by atoms with Gasteiger partial charge in [0, 0.05) is 16.6 Å². The van der Waals surface area contributed by atoms with E-state index in [0.717, 1.165) is 16.9 Å². The lowest BCUT2D eigenvalue weighted by atomic mass is 9.96. The van der Waals surface area contributed by atoms with Crippen LogP contribution in [0.5, 0.6) is 0 Å². The molecule has 3 heteroatoms. The van der Waals surface area contributed by atoms with Crippen LogP contribution in [-0.4, -0.2) is 23.5 Å². The Bertz CT molecular complexity index is 417. The number of nitrogens with zero attached hydrogens (tertiary/aromatic N) is 1. The molecular formula is C15H21BrN2. The molecule has 1 aromatic rings. The molecule has 0 bridgehead atoms. The summed E-state index contributed by atoms with van der Waals surface area (Å²) in [6.07, 6.45) is 6.44. The molecular weight excluding hydrogens is 288 g/mol. The van der Waals surface area contributed by atoms with Gasteiger partial charge in [0.25, 0.3) is 0 Å². The van der Waals surface area contributed by atoms with Crippen LogP contribution in [0.3, 0.4) is 0 Å². The Labute approximate surface area is 118 Å². The lowest BCUT2D eigenvalue weighted by molar-refractivity contribution is 0.175. The molecule has 1 saturated heterocycles. The van der Waals surface area contributed by atoms with E-state index in [-0.39, 0.29) is 6.04 Å². The summed E-state index contributed by atoms with van der Waals surface area (Å²) < 4.78 is 1.16. The van der Waals surface area contributed by atoms with Crippen molar-refractivity contribution in [2.45, 2.75) is 50.2 Å². The molecule has 18 heavy (non-hydrogen) atoms. The zero-order chi connectivity index (χ0) is 12.5. The van der Waals surface area contributed by atoms with Crippen molar-refractivity contribution in [3.8, 4) is 0 Å². The summed E-state index contributed by atoms with van der Waals surface area (Å²) >= 11 is 3.58. The molecule has 2 N–H and O–H groups in total. The zero-order valence-corrected chi connectivity index (χ0v) is 12.3. The SMILES string of the molecule is NC1CCCCN(C2CC2)C1c1cccc(Br)c1. The monoisotopic (exact) mass is 308 g/mol. The molecule has 2 atom stereocenters. The van der Waals surface area contributed by atoms with E-state index in [1.54, 1.807) is 0 Å². The Kier molecular flexibility index (Phi) is 3.73. The van der Waals surface area contributed by atoms with E-state index in [1.165, 1.54) is 37.8 Å². The summed E-state index contributed by atoms with van der Waals surface area (Å²) in [6, 6.07) is 10.2. The molecule has 1 aromatic carbocycles. The normalized spacial score (nSPS) is 30.1. The van der Waals surface area contributed by atoms with Gasteiger partial charge in [0.15, 0.2) is 0 Å². The van der Waals surface area contributed by atoms with Gasteiger partial charge in [-0.25, -0.2) is 0 Å². The van der Waals surface area contributed by atoms with Gasteiger partial charge in [-0.15, -0.1) is 0 Å². The summed E-state index contributed by atoms with van der Waals surface area (Å²) in [6.45, 7) is 1.22. The fourth-order valence-electron chi connectivity index (χ4n) is 3.16. The van der Waals surface area contributed by atoms with Crippen molar-refractivity contribution in [2.75, 3.05) is 6.54 Å². The van der Waals surface area contributed by atoms with Crippen molar-refractivity contribution < 1.29 is 0 Å². The summed E-state index contributed by atoms with van der Waals surface area (Å²) in [7, 11) is 0. The molecule has 0 spiro atoms. The van der Waals surface area contributed by atoms with Crippen LogP contribution in [0.2, 0.25) is 0 Å². The fourth-order valence-corrected chi connectivity index (χ4v) is 3.58. The molecule has 1 saturated carbocycles. The van der Waals surface area contributed by atoms with Gasteiger partial charge in [0.2, 0.25) is 0 Å². The summed E-state index contributed by atoms with van der Waals surface area (Å²) in [5, 5.41) is 0. The Hall–Kier alpha value is -0.380. The molecule has 0 aromatic heterocycles. The first kappa shape index (κ1) is 12.6. The van der Waals surface area contributed by atoms with Crippen LogP contribution in [0.1, 0.15) is 43.7 Å². The van der Waals surface area contributed by atoms with Gasteiger partial charge >= 0.3 is 0 Å². The van der Waals surface area contributed by atoms with E-state index in [4.69, 9.17) is 5.73 Å². The van der Waals surface area contributed by atoms with Crippen LogP contribution in [0.25, 0.3) is 0 Å². The highest BCUT2D eigenvalue weighted by Gasteiger charge is 2.38. The van der Waals surface area contributed by atoms with Gasteiger partial charge in [-0.3, -0.25) is 4.90 Å². The maximum atomic E-state index is 6.46. The molecule has 1 aliphatic carbocycles. The van der Waals surface area contributed by atoms with E-state index < -0.39 is 0 Å². The molecule has 1 aliphatic heterocycles. The van der Waals surface area contributed by atoms with Gasteiger partial charge < -0.3 is 5.73 Å². The Balaban J connectivity index is 1.92. The molecule has 2 fully saturated rings. The quantitative estimate of drug-likeness (QED) is 0.906. The highest BCUT2D eigenvalue weighted by atomic mass is 79.9. The highest BCUT2D eigenvalue weighted by molar-refractivity contribution is 9.10. The third-order valence-corrected chi connectivity index (χ3v) is 4.67. The summed E-state index contributed by atoms with van der Waals surface area (Å²) in [4.78, 5) is 2.67. The number of nitrogens with two attached hydrogens (primary N) is 1. The van der Waals surface area contributed by atoms with E-state index in [1.807, 2.05) is 0 Å². The topological polar surface area (TPSA) is 29.3 Å². The van der Waals surface area contributed by atoms with Crippen LogP contribution in [0, 0.1) is 0 Å². The first-order chi connectivity index (χ1) is 8.75. The molecule has 3 rings (SSSR count). The molecule has 0 amide bonds. The van der Waals surface area contributed by atoms with Crippen molar-refractivity contribution in [3.05, 3.63) is 34.3 Å². The average molecular weight is 309 g/mol. The minimum absolute atomic E-state index is 0.280. The van der Waals surface area contributed by atoms with Gasteiger partial charge in [-0.1, -0.05) is 34.5 Å². The van der Waals surface area contributed by atoms with Gasteiger partial charge in [-0.2, -0.15) is 0 Å². The predicted molar refractivity (Wildman–Crippen MR) is 78.4 cm³/mol. The minimum Gasteiger partial charge on any atom is -0.326 e. The number of hydrogen-bond donors (Lipinski definition) is 1. The number of halogens is 1. The molecule has 1 heterocycles. The Morgan fingerprint density at radius 1 is 1.17 bits per heavy atom. The van der Waals surface area contributed by atoms with Gasteiger partial charge in [0.05, 0.1) is 6.04 Å². The maximum absolute atomic E-state index is 6.46. The van der Waals surface area contributed by atoms with E-state index >= 15 is 0 Å². The van der Waals surface area contributed by atoms with Crippen LogP contribution in [-0.2, 0) is 0 Å². The average Bonchev–Trinajstić information content (AvgIpc) is 3.15. The van der Waals surface area contributed by atoms with Gasteiger partial charge in [-0.05, 0) is 49.9 Å². The molecule has 2 aliphatic rings. The Morgan fingerprint density at radius 2 is 2.00 bits per heavy atom. The molecule has 0 radical (unpaired) electrons. The van der Waals surface area contributed by atoms with Crippen molar-refractivity contribution in [1.29, 1.82) is 0 Å². The number of rotatable bonds is 2. The van der Waals surface area contributed by atoms with Crippen LogP contribution in [0.15, 0.2) is 28.7 Å². The van der Waals surface area contributed by atoms with Crippen LogP contribution in [0.4, 0.5) is 0 Å². The second-order valence-electron chi connectivity index (χ2n) is 5.63. The number of likely N-dealkylation sites (tertiary alicyclic amines) is 1.